The van der Waals surface area contributed by atoms with Gasteiger partial charge in [-0.1, -0.05) is 35.2 Å². The molecule has 0 aromatic rings. The zero-order chi connectivity index (χ0) is 4.83. The third-order valence-electron chi connectivity index (χ3n) is 0.528. The van der Waals surface area contributed by atoms with Crippen LogP contribution in [0.2, 0.25) is 0 Å². The number of unbranched alkanes of at least 4 members (excludes halogenated alkanes) is 1. The van der Waals surface area contributed by atoms with E-state index in [9.17, 15) is 0 Å². The van der Waals surface area contributed by atoms with E-state index in [4.69, 9.17) is 12.6 Å². The minimum absolute atomic E-state index is 0.934. The summed E-state index contributed by atoms with van der Waals surface area (Å²) in [6.45, 7) is 0. The molecule has 0 aliphatic carbocycles. The highest BCUT2D eigenvalue weighted by atomic mass is 127. The highest BCUT2D eigenvalue weighted by Gasteiger charge is 1.77. The molecule has 1 radical (unpaired) electrons. The molecule has 0 saturated heterocycles. The van der Waals surface area contributed by atoms with Gasteiger partial charge in [-0.2, -0.15) is 0 Å². The third kappa shape index (κ3) is 5.08. The van der Waals surface area contributed by atoms with E-state index in [1.807, 2.05) is 0 Å². The van der Waals surface area contributed by atoms with Gasteiger partial charge in [0, 0.05) is 5.75 Å². The first-order chi connectivity index (χ1) is 2.91. The van der Waals surface area contributed by atoms with Crippen LogP contribution in [0.3, 0.4) is 0 Å². The van der Waals surface area contributed by atoms with Crippen molar-refractivity contribution < 1.29 is 0 Å². The fraction of sp³-hybridized carbons (Fsp3) is 1.00. The first-order valence-electron chi connectivity index (χ1n) is 2.06. The van der Waals surface area contributed by atoms with Gasteiger partial charge in [-0.15, -0.1) is 0 Å². The zero-order valence-corrected chi connectivity index (χ0v) is 6.59. The lowest BCUT2D eigenvalue weighted by atomic mass is 10.4. The first-order valence-corrected chi connectivity index (χ1v) is 4.16. The van der Waals surface area contributed by atoms with Crippen LogP contribution >= 0.6 is 35.2 Å². The van der Waals surface area contributed by atoms with Gasteiger partial charge < -0.3 is 0 Å². The highest BCUT2D eigenvalue weighted by Crippen LogP contribution is 1.94. The lowest BCUT2D eigenvalue weighted by Crippen LogP contribution is -1.74. The second-order valence-corrected chi connectivity index (χ2v) is 2.59. The SMILES string of the molecule is [S]CCCCI. The van der Waals surface area contributed by atoms with E-state index in [0.29, 0.717) is 0 Å². The van der Waals surface area contributed by atoms with Gasteiger partial charge in [0.1, 0.15) is 0 Å². The molecule has 2 heteroatoms. The molecule has 0 amide bonds. The Morgan fingerprint density at radius 2 is 2.00 bits per heavy atom. The van der Waals surface area contributed by atoms with Gasteiger partial charge in [-0.05, 0) is 17.3 Å². The van der Waals surface area contributed by atoms with E-state index in [1.54, 1.807) is 0 Å². The van der Waals surface area contributed by atoms with E-state index in [0.717, 1.165) is 5.75 Å². The molecule has 6 heavy (non-hydrogen) atoms. The molecule has 37 valence electrons. The Labute approximate surface area is 58.3 Å². The summed E-state index contributed by atoms with van der Waals surface area (Å²) in [7, 11) is 0. The van der Waals surface area contributed by atoms with Crippen LogP contribution < -0.4 is 0 Å². The van der Waals surface area contributed by atoms with Crippen LogP contribution in [0, 0.1) is 0 Å². The van der Waals surface area contributed by atoms with E-state index < -0.39 is 0 Å². The van der Waals surface area contributed by atoms with Gasteiger partial charge in [0.05, 0.1) is 0 Å². The number of hydrogen-bond donors (Lipinski definition) is 0. The minimum Gasteiger partial charge on any atom is -0.0942 e. The predicted molar refractivity (Wildman–Crippen MR) is 40.6 cm³/mol. The molecule has 0 aromatic heterocycles. The van der Waals surface area contributed by atoms with Gasteiger partial charge >= 0.3 is 0 Å². The summed E-state index contributed by atoms with van der Waals surface area (Å²) in [5.41, 5.74) is 0. The lowest BCUT2D eigenvalue weighted by Gasteiger charge is -1.83. The second-order valence-electron chi connectivity index (χ2n) is 1.10. The summed E-state index contributed by atoms with van der Waals surface area (Å²) in [6.07, 6.45) is 2.52. The van der Waals surface area contributed by atoms with Gasteiger partial charge in [-0.3, -0.25) is 0 Å². The number of halogens is 1. The van der Waals surface area contributed by atoms with Crippen molar-refractivity contribution in [3.05, 3.63) is 0 Å². The van der Waals surface area contributed by atoms with Crippen molar-refractivity contribution in [2.45, 2.75) is 12.8 Å². The fourth-order valence-electron chi connectivity index (χ4n) is 0.197. The Bertz CT molecular complexity index is 19.5. The van der Waals surface area contributed by atoms with Crippen LogP contribution in [0.15, 0.2) is 0 Å². The minimum atomic E-state index is 0.934. The standard InChI is InChI=1S/C4H8IS/c5-3-1-2-4-6/h1-4H2. The third-order valence-corrected chi connectivity index (χ3v) is 1.58. The van der Waals surface area contributed by atoms with Crippen molar-refractivity contribution in [3.8, 4) is 0 Å². The first kappa shape index (κ1) is 7.08. The van der Waals surface area contributed by atoms with Crippen molar-refractivity contribution in [3.63, 3.8) is 0 Å². The van der Waals surface area contributed by atoms with Crippen LogP contribution in [0.25, 0.3) is 0 Å². The Morgan fingerprint density at radius 1 is 1.33 bits per heavy atom. The maximum atomic E-state index is 4.71. The topological polar surface area (TPSA) is 0 Å². The summed E-state index contributed by atoms with van der Waals surface area (Å²) in [6, 6.07) is 0. The lowest BCUT2D eigenvalue weighted by molar-refractivity contribution is 0.922. The molecule has 0 saturated carbocycles. The molecule has 0 aliphatic heterocycles. The molecule has 0 bridgehead atoms. The Hall–Kier alpha value is 1.08. The maximum Gasteiger partial charge on any atom is 0.00372 e. The second kappa shape index (κ2) is 6.08. The molecule has 0 spiro atoms. The van der Waals surface area contributed by atoms with Gasteiger partial charge in [-0.25, -0.2) is 0 Å². The number of alkyl halides is 1. The fourth-order valence-corrected chi connectivity index (χ4v) is 0.940. The molecule has 0 unspecified atom stereocenters. The van der Waals surface area contributed by atoms with Crippen LogP contribution in [0.5, 0.6) is 0 Å². The van der Waals surface area contributed by atoms with E-state index in [2.05, 4.69) is 22.6 Å². The van der Waals surface area contributed by atoms with Crippen molar-refractivity contribution in [2.75, 3.05) is 10.2 Å². The van der Waals surface area contributed by atoms with Gasteiger partial charge in [0.25, 0.3) is 0 Å². The predicted octanol–water partition coefficient (Wildman–Crippen LogP) is 2.40. The normalized spacial score (nSPS) is 9.00. The molecular weight excluding hydrogens is 207 g/mol. The number of hydrogen-bond acceptors (Lipinski definition) is 0. The zero-order valence-electron chi connectivity index (χ0n) is 3.61. The largest absolute Gasteiger partial charge is 0.0942 e. The smallest absolute Gasteiger partial charge is 0.00372 e. The van der Waals surface area contributed by atoms with Crippen molar-refractivity contribution >= 4 is 35.2 Å². The average Bonchev–Trinajstić information content (AvgIpc) is 1.61. The van der Waals surface area contributed by atoms with Gasteiger partial charge in [0.2, 0.25) is 0 Å². The van der Waals surface area contributed by atoms with E-state index in [-0.39, 0.29) is 0 Å². The molecule has 0 nitrogen and oxygen atoms in total. The molecule has 0 rings (SSSR count). The Morgan fingerprint density at radius 3 is 2.17 bits per heavy atom. The molecule has 0 fully saturated rings. The van der Waals surface area contributed by atoms with Crippen LogP contribution in [-0.4, -0.2) is 10.2 Å². The highest BCUT2D eigenvalue weighted by molar-refractivity contribution is 14.1. The maximum absolute atomic E-state index is 4.71. The van der Waals surface area contributed by atoms with Crippen LogP contribution in [-0.2, 0) is 0 Å². The summed E-state index contributed by atoms with van der Waals surface area (Å²) in [5, 5.41) is 0. The monoisotopic (exact) mass is 215 g/mol. The van der Waals surface area contributed by atoms with Gasteiger partial charge in [0.15, 0.2) is 0 Å². The van der Waals surface area contributed by atoms with Crippen molar-refractivity contribution in [2.24, 2.45) is 0 Å². The Balaban J connectivity index is 2.34. The molecule has 0 N–H and O–H groups in total. The molecule has 0 aliphatic rings. The summed E-state index contributed by atoms with van der Waals surface area (Å²) >= 11 is 7.08. The van der Waals surface area contributed by atoms with Crippen LogP contribution in [0.1, 0.15) is 12.8 Å². The van der Waals surface area contributed by atoms with Crippen LogP contribution in [0.4, 0.5) is 0 Å². The number of rotatable bonds is 3. The van der Waals surface area contributed by atoms with Crippen molar-refractivity contribution in [1.82, 2.24) is 0 Å². The molecular formula is C4H8IS. The van der Waals surface area contributed by atoms with Crippen molar-refractivity contribution in [1.29, 1.82) is 0 Å². The molecule has 0 atom stereocenters. The van der Waals surface area contributed by atoms with E-state index in [1.165, 1.54) is 17.3 Å². The summed E-state index contributed by atoms with van der Waals surface area (Å²) in [4.78, 5) is 0. The average molecular weight is 215 g/mol. The summed E-state index contributed by atoms with van der Waals surface area (Å²) < 4.78 is 1.26. The molecule has 0 heterocycles. The summed E-state index contributed by atoms with van der Waals surface area (Å²) in [5.74, 6) is 0.934. The molecule has 0 aromatic carbocycles. The quantitative estimate of drug-likeness (QED) is 0.385. The Kier molecular flexibility index (Phi) is 7.17. The van der Waals surface area contributed by atoms with E-state index >= 15 is 0 Å².